The van der Waals surface area contributed by atoms with Gasteiger partial charge in [0.25, 0.3) is 5.91 Å². The van der Waals surface area contributed by atoms with Crippen molar-refractivity contribution in [2.45, 2.75) is 69.0 Å². The molecule has 3 unspecified atom stereocenters. The van der Waals surface area contributed by atoms with Gasteiger partial charge in [-0.05, 0) is 43.9 Å². The molecule has 1 saturated carbocycles. The van der Waals surface area contributed by atoms with Crippen LogP contribution in [0, 0.1) is 17.2 Å². The number of H-pyrrole nitrogens is 1. The Morgan fingerprint density at radius 2 is 2.00 bits per heavy atom. The third-order valence-corrected chi connectivity index (χ3v) is 8.75. The zero-order chi connectivity index (χ0) is 26.3. The van der Waals surface area contributed by atoms with E-state index in [0.29, 0.717) is 34.1 Å². The fraction of sp³-hybridized carbons (Fsp3) is 0.520. The van der Waals surface area contributed by atoms with Crippen molar-refractivity contribution in [2.24, 2.45) is 5.92 Å². The van der Waals surface area contributed by atoms with Crippen molar-refractivity contribution in [3.05, 3.63) is 28.9 Å². The number of hydrogen-bond donors (Lipinski definition) is 4. The summed E-state index contributed by atoms with van der Waals surface area (Å²) >= 11 is 6.32. The van der Waals surface area contributed by atoms with Gasteiger partial charge in [-0.3, -0.25) is 14.4 Å². The van der Waals surface area contributed by atoms with E-state index in [0.717, 1.165) is 12.8 Å². The van der Waals surface area contributed by atoms with Crippen molar-refractivity contribution < 1.29 is 19.1 Å². The minimum Gasteiger partial charge on any atom is -0.497 e. The highest BCUT2D eigenvalue weighted by Crippen LogP contribution is 2.46. The first-order chi connectivity index (χ1) is 16.9. The van der Waals surface area contributed by atoms with Gasteiger partial charge in [0.2, 0.25) is 11.8 Å². The molecule has 2 fully saturated rings. The van der Waals surface area contributed by atoms with E-state index in [2.05, 4.69) is 46.6 Å². The van der Waals surface area contributed by atoms with Gasteiger partial charge in [-0.2, -0.15) is 5.26 Å². The number of aromatic amines is 1. The first-order valence-corrected chi connectivity index (χ1v) is 16.2. The number of benzene rings is 1. The number of hydrogen-bond acceptors (Lipinski definition) is 5. The summed E-state index contributed by atoms with van der Waals surface area (Å²) in [7, 11) is -0.257. The van der Waals surface area contributed by atoms with Crippen molar-refractivity contribution in [3.63, 3.8) is 0 Å². The van der Waals surface area contributed by atoms with Crippen LogP contribution in [0.2, 0.25) is 30.7 Å². The summed E-state index contributed by atoms with van der Waals surface area (Å²) in [6.07, 6.45) is 2.89. The highest BCUT2D eigenvalue weighted by atomic mass is 35.5. The van der Waals surface area contributed by atoms with Gasteiger partial charge in [0, 0.05) is 31.0 Å². The van der Waals surface area contributed by atoms with E-state index in [1.807, 2.05) is 0 Å². The van der Waals surface area contributed by atoms with Crippen LogP contribution >= 0.6 is 11.6 Å². The number of nitrogens with one attached hydrogen (secondary N) is 4. The van der Waals surface area contributed by atoms with Crippen LogP contribution < -0.4 is 20.7 Å². The maximum absolute atomic E-state index is 13.3. The van der Waals surface area contributed by atoms with E-state index < -0.39 is 32.0 Å². The van der Waals surface area contributed by atoms with E-state index in [1.165, 1.54) is 7.11 Å². The Labute approximate surface area is 216 Å². The van der Waals surface area contributed by atoms with Gasteiger partial charge in [-0.1, -0.05) is 31.2 Å². The van der Waals surface area contributed by atoms with Gasteiger partial charge in [0.1, 0.15) is 23.5 Å². The van der Waals surface area contributed by atoms with Crippen molar-refractivity contribution >= 4 is 48.3 Å². The fourth-order valence-electron chi connectivity index (χ4n) is 4.82. The Balaban J connectivity index is 1.47. The van der Waals surface area contributed by atoms with Crippen LogP contribution in [0.5, 0.6) is 5.75 Å². The van der Waals surface area contributed by atoms with E-state index in [1.54, 1.807) is 18.2 Å². The normalized spacial score (nSPS) is 19.9. The molecule has 192 valence electrons. The van der Waals surface area contributed by atoms with Crippen molar-refractivity contribution in [1.29, 1.82) is 5.26 Å². The minimum atomic E-state index is -1.79. The third kappa shape index (κ3) is 5.85. The van der Waals surface area contributed by atoms with Crippen molar-refractivity contribution in [1.82, 2.24) is 20.9 Å². The summed E-state index contributed by atoms with van der Waals surface area (Å²) in [4.78, 5) is 41.7. The molecule has 1 aliphatic heterocycles. The molecule has 36 heavy (non-hydrogen) atoms. The lowest BCUT2D eigenvalue weighted by molar-refractivity contribution is -0.125. The van der Waals surface area contributed by atoms with Crippen LogP contribution in [0.3, 0.4) is 0 Å². The summed E-state index contributed by atoms with van der Waals surface area (Å²) < 4.78 is 5.24. The van der Waals surface area contributed by atoms with Crippen molar-refractivity contribution in [3.8, 4) is 11.8 Å². The maximum Gasteiger partial charge on any atom is 0.268 e. The Morgan fingerprint density at radius 1 is 1.28 bits per heavy atom. The summed E-state index contributed by atoms with van der Waals surface area (Å²) in [5.41, 5.74) is 0.774. The number of halogens is 1. The number of nitriles is 1. The highest BCUT2D eigenvalue weighted by molar-refractivity contribution is 6.76. The van der Waals surface area contributed by atoms with Crippen LogP contribution in [0.15, 0.2) is 18.2 Å². The fourth-order valence-corrected chi connectivity index (χ4v) is 6.60. The van der Waals surface area contributed by atoms with Crippen LogP contribution in [0.1, 0.15) is 36.2 Å². The molecule has 11 heteroatoms. The summed E-state index contributed by atoms with van der Waals surface area (Å²) in [6.45, 7) is 6.32. The standard InChI is InChI=1S/C25H32ClN5O4Si/c1-35-17-8-14-9-19(29-21(14)18(26)10-17)23(33)30-20(13-36(2,3)4)24(34)28-16(12-27)7-15-11-25(5-6-25)31-22(15)32/h8-10,15-16,20,29H,5-7,11,13H2,1-4H3,(H,28,34)(H,30,33)(H,31,32). The van der Waals surface area contributed by atoms with Gasteiger partial charge in [0.15, 0.2) is 0 Å². The quantitative estimate of drug-likeness (QED) is 0.369. The highest BCUT2D eigenvalue weighted by Gasteiger charge is 2.52. The Bertz CT molecular complexity index is 1240. The monoisotopic (exact) mass is 529 g/mol. The maximum atomic E-state index is 13.3. The lowest BCUT2D eigenvalue weighted by Gasteiger charge is -2.26. The summed E-state index contributed by atoms with van der Waals surface area (Å²) in [5.74, 6) is -0.647. The second-order valence-corrected chi connectivity index (χ2v) is 17.1. The molecule has 1 aromatic carbocycles. The average Bonchev–Trinajstić information content (AvgIpc) is 3.27. The number of carbonyl (C=O) groups excluding carboxylic acids is 3. The number of carbonyl (C=O) groups is 3. The van der Waals surface area contributed by atoms with E-state index in [9.17, 15) is 19.6 Å². The first kappa shape index (κ1) is 26.0. The molecule has 0 radical (unpaired) electrons. The smallest absolute Gasteiger partial charge is 0.268 e. The molecular formula is C25H32ClN5O4Si. The molecule has 4 rings (SSSR count). The molecule has 4 N–H and O–H groups in total. The summed E-state index contributed by atoms with van der Waals surface area (Å²) in [5, 5.41) is 19.5. The minimum absolute atomic E-state index is 0.0527. The number of ether oxygens (including phenoxy) is 1. The number of fused-ring (bicyclic) bond motifs is 1. The molecule has 9 nitrogen and oxygen atoms in total. The second kappa shape index (κ2) is 9.79. The number of rotatable bonds is 9. The SMILES string of the molecule is COc1cc(Cl)c2[nH]c(C(=O)NC(C[Si](C)(C)C)C(=O)NC(C#N)CC3CC4(CC4)NC3=O)cc2c1. The second-order valence-electron chi connectivity index (χ2n) is 11.1. The molecule has 1 aliphatic carbocycles. The van der Waals surface area contributed by atoms with Crippen LogP contribution in [-0.2, 0) is 9.59 Å². The number of amides is 3. The predicted molar refractivity (Wildman–Crippen MR) is 140 cm³/mol. The Morgan fingerprint density at radius 3 is 2.58 bits per heavy atom. The van der Waals surface area contributed by atoms with Crippen LogP contribution in [0.4, 0.5) is 0 Å². The van der Waals surface area contributed by atoms with Crippen LogP contribution in [0.25, 0.3) is 10.9 Å². The predicted octanol–water partition coefficient (Wildman–Crippen LogP) is 3.33. The molecule has 0 bridgehead atoms. The molecule has 2 aromatic rings. The molecular weight excluding hydrogens is 498 g/mol. The average molecular weight is 530 g/mol. The molecule has 3 amide bonds. The largest absolute Gasteiger partial charge is 0.497 e. The molecule has 1 aromatic heterocycles. The zero-order valence-corrected chi connectivity index (χ0v) is 22.7. The van der Waals surface area contributed by atoms with Gasteiger partial charge in [-0.15, -0.1) is 0 Å². The van der Waals surface area contributed by atoms with Gasteiger partial charge >= 0.3 is 0 Å². The molecule has 1 saturated heterocycles. The van der Waals surface area contributed by atoms with E-state index in [4.69, 9.17) is 16.3 Å². The van der Waals surface area contributed by atoms with Gasteiger partial charge in [-0.25, -0.2) is 0 Å². The lowest BCUT2D eigenvalue weighted by Crippen LogP contribution is -2.52. The zero-order valence-electron chi connectivity index (χ0n) is 21.0. The Kier molecular flexibility index (Phi) is 7.08. The van der Waals surface area contributed by atoms with E-state index in [-0.39, 0.29) is 29.5 Å². The Hall–Kier alpha value is -3.03. The number of nitrogens with zero attached hydrogens (tertiary/aromatic N) is 1. The van der Waals surface area contributed by atoms with Gasteiger partial charge in [0.05, 0.1) is 23.7 Å². The summed E-state index contributed by atoms with van der Waals surface area (Å²) in [6, 6.07) is 6.06. The molecule has 2 aliphatic rings. The molecule has 2 heterocycles. The number of aromatic nitrogens is 1. The number of methoxy groups -OCH3 is 1. The van der Waals surface area contributed by atoms with Crippen molar-refractivity contribution in [2.75, 3.05) is 7.11 Å². The lowest BCUT2D eigenvalue weighted by atomic mass is 9.96. The third-order valence-electron chi connectivity index (χ3n) is 6.81. The van der Waals surface area contributed by atoms with E-state index >= 15 is 0 Å². The first-order valence-electron chi connectivity index (χ1n) is 12.1. The molecule has 1 spiro atoms. The molecule has 3 atom stereocenters. The van der Waals surface area contributed by atoms with Crippen LogP contribution in [-0.4, -0.2) is 55.5 Å². The van der Waals surface area contributed by atoms with Gasteiger partial charge < -0.3 is 25.7 Å². The topological polar surface area (TPSA) is 136 Å².